The number of amides is 1. The van der Waals surface area contributed by atoms with Crippen LogP contribution < -0.4 is 20.7 Å². The summed E-state index contributed by atoms with van der Waals surface area (Å²) in [5.74, 6) is 0.838. The molecular formula is C27H37N5O2S. The van der Waals surface area contributed by atoms with E-state index in [1.165, 1.54) is 17.3 Å². The molecule has 1 aliphatic rings. The van der Waals surface area contributed by atoms with E-state index < -0.39 is 5.91 Å². The number of aryl methyl sites for hydroxylation is 1. The molecule has 35 heavy (non-hydrogen) atoms. The molecule has 4 rings (SSSR count). The van der Waals surface area contributed by atoms with Gasteiger partial charge >= 0.3 is 0 Å². The third kappa shape index (κ3) is 8.88. The fraction of sp³-hybridized carbons (Fsp3) is 0.370. The van der Waals surface area contributed by atoms with Crippen LogP contribution in [0.2, 0.25) is 0 Å². The summed E-state index contributed by atoms with van der Waals surface area (Å²) in [5.41, 5.74) is 8.10. The summed E-state index contributed by atoms with van der Waals surface area (Å²) in [7, 11) is 3.75. The number of benzene rings is 2. The van der Waals surface area contributed by atoms with Crippen molar-refractivity contribution >= 4 is 23.6 Å². The second-order valence-corrected chi connectivity index (χ2v) is 8.92. The molecule has 0 atom stereocenters. The van der Waals surface area contributed by atoms with Crippen molar-refractivity contribution in [3.8, 4) is 5.88 Å². The van der Waals surface area contributed by atoms with Gasteiger partial charge in [-0.2, -0.15) is 4.98 Å². The normalized spacial score (nSPS) is 12.2. The van der Waals surface area contributed by atoms with E-state index in [4.69, 9.17) is 15.5 Å². The van der Waals surface area contributed by atoms with Crippen LogP contribution in [0.25, 0.3) is 0 Å². The van der Waals surface area contributed by atoms with Crippen molar-refractivity contribution in [2.75, 3.05) is 32.1 Å². The zero-order chi connectivity index (χ0) is 25.6. The smallest absolute Gasteiger partial charge is 0.248 e. The number of carbonyl (C=O) groups excluding carboxylic acids is 1. The van der Waals surface area contributed by atoms with Gasteiger partial charge in [0.15, 0.2) is 0 Å². The van der Waals surface area contributed by atoms with Gasteiger partial charge in [-0.15, -0.1) is 0 Å². The lowest BCUT2D eigenvalue weighted by Crippen LogP contribution is -2.20. The second-order valence-electron chi connectivity index (χ2n) is 7.80. The van der Waals surface area contributed by atoms with Crippen LogP contribution in [0.4, 0.5) is 5.95 Å². The minimum absolute atomic E-state index is 0.437. The van der Waals surface area contributed by atoms with Gasteiger partial charge in [-0.05, 0) is 63.7 Å². The number of carbonyl (C=O) groups is 1. The third-order valence-electron chi connectivity index (χ3n) is 4.92. The van der Waals surface area contributed by atoms with Gasteiger partial charge in [-0.25, -0.2) is 4.98 Å². The maximum Gasteiger partial charge on any atom is 0.248 e. The number of nitrogens with one attached hydrogen (secondary N) is 1. The van der Waals surface area contributed by atoms with E-state index in [1.807, 2.05) is 58.4 Å². The summed E-state index contributed by atoms with van der Waals surface area (Å²) in [6, 6.07) is 15.4. The lowest BCUT2D eigenvalue weighted by Gasteiger charge is -2.17. The molecule has 1 fully saturated rings. The van der Waals surface area contributed by atoms with E-state index in [0.29, 0.717) is 24.0 Å². The Morgan fingerprint density at radius 1 is 1.11 bits per heavy atom. The number of anilines is 1. The molecule has 1 aliphatic heterocycles. The highest BCUT2D eigenvalue weighted by molar-refractivity contribution is 7.99. The molecule has 7 nitrogen and oxygen atoms in total. The van der Waals surface area contributed by atoms with E-state index >= 15 is 0 Å². The van der Waals surface area contributed by atoms with Crippen LogP contribution in [0.3, 0.4) is 0 Å². The molecule has 3 N–H and O–H groups in total. The van der Waals surface area contributed by atoms with Gasteiger partial charge in [-0.3, -0.25) is 4.79 Å². The first-order chi connectivity index (χ1) is 17.0. The van der Waals surface area contributed by atoms with Crippen LogP contribution in [0.15, 0.2) is 64.5 Å². The van der Waals surface area contributed by atoms with Gasteiger partial charge in [0.1, 0.15) is 6.61 Å². The summed E-state index contributed by atoms with van der Waals surface area (Å²) in [4.78, 5) is 24.6. The highest BCUT2D eigenvalue weighted by Gasteiger charge is 2.18. The quantitative estimate of drug-likeness (QED) is 0.472. The zero-order valence-corrected chi connectivity index (χ0v) is 22.2. The Morgan fingerprint density at radius 3 is 2.37 bits per heavy atom. The standard InChI is InChI=1S/C23H24N4O2S.C2H7N.C2H6/c1-16-5-4-6-17(13-16)15-29-22-20(14-25-23(26-22)27-11-2-3-12-27)30-19-9-7-18(8-10-19)21(24)28;1-3-2;1-2/h4-10,13-14H,2-3,11-12,15H2,1H3,(H2,24,28);3H,1-2H3;1-2H3. The van der Waals surface area contributed by atoms with Crippen molar-refractivity contribution in [3.63, 3.8) is 0 Å². The van der Waals surface area contributed by atoms with Crippen molar-refractivity contribution < 1.29 is 9.53 Å². The molecular weight excluding hydrogens is 458 g/mol. The van der Waals surface area contributed by atoms with Gasteiger partial charge in [0.25, 0.3) is 0 Å². The van der Waals surface area contributed by atoms with Crippen LogP contribution in [0.5, 0.6) is 5.88 Å². The molecule has 188 valence electrons. The Kier molecular flexibility index (Phi) is 12.1. The monoisotopic (exact) mass is 495 g/mol. The molecule has 0 saturated carbocycles. The molecule has 0 unspecified atom stereocenters. The maximum absolute atomic E-state index is 11.3. The topological polar surface area (TPSA) is 93.4 Å². The van der Waals surface area contributed by atoms with Crippen molar-refractivity contribution in [1.29, 1.82) is 0 Å². The summed E-state index contributed by atoms with van der Waals surface area (Å²) in [5, 5.41) is 2.75. The highest BCUT2D eigenvalue weighted by atomic mass is 32.2. The van der Waals surface area contributed by atoms with Crippen LogP contribution in [0, 0.1) is 6.92 Å². The number of nitrogens with zero attached hydrogens (tertiary/aromatic N) is 3. The van der Waals surface area contributed by atoms with Crippen molar-refractivity contribution in [2.24, 2.45) is 5.73 Å². The highest BCUT2D eigenvalue weighted by Crippen LogP contribution is 2.35. The fourth-order valence-electron chi connectivity index (χ4n) is 3.36. The molecule has 2 aromatic carbocycles. The first-order valence-corrected chi connectivity index (χ1v) is 12.8. The largest absolute Gasteiger partial charge is 0.472 e. The first-order valence-electron chi connectivity index (χ1n) is 12.0. The van der Waals surface area contributed by atoms with E-state index in [-0.39, 0.29) is 0 Å². The molecule has 0 spiro atoms. The van der Waals surface area contributed by atoms with Crippen LogP contribution in [-0.4, -0.2) is 43.1 Å². The summed E-state index contributed by atoms with van der Waals surface area (Å²) >= 11 is 1.50. The van der Waals surface area contributed by atoms with Crippen LogP contribution >= 0.6 is 11.8 Å². The molecule has 1 amide bonds. The minimum Gasteiger partial charge on any atom is -0.472 e. The maximum atomic E-state index is 11.3. The molecule has 1 aromatic heterocycles. The summed E-state index contributed by atoms with van der Waals surface area (Å²) in [6.45, 7) is 8.44. The molecule has 0 bridgehead atoms. The number of hydrogen-bond acceptors (Lipinski definition) is 7. The lowest BCUT2D eigenvalue weighted by molar-refractivity contribution is 0.1000. The number of hydrogen-bond donors (Lipinski definition) is 2. The van der Waals surface area contributed by atoms with E-state index in [1.54, 1.807) is 12.1 Å². The Hall–Kier alpha value is -3.10. The predicted octanol–water partition coefficient (Wildman–Crippen LogP) is 5.08. The molecule has 8 heteroatoms. The van der Waals surface area contributed by atoms with Gasteiger partial charge in [0.2, 0.25) is 17.7 Å². The van der Waals surface area contributed by atoms with Crippen LogP contribution in [-0.2, 0) is 6.61 Å². The number of primary amides is 1. The van der Waals surface area contributed by atoms with Crippen molar-refractivity contribution in [3.05, 3.63) is 71.4 Å². The molecule has 2 heterocycles. The van der Waals surface area contributed by atoms with Gasteiger partial charge in [0.05, 0.1) is 11.1 Å². The van der Waals surface area contributed by atoms with E-state index in [2.05, 4.69) is 34.3 Å². The molecule has 1 saturated heterocycles. The van der Waals surface area contributed by atoms with Gasteiger partial charge in [-0.1, -0.05) is 55.4 Å². The van der Waals surface area contributed by atoms with Crippen molar-refractivity contribution in [2.45, 2.75) is 50.0 Å². The van der Waals surface area contributed by atoms with Crippen molar-refractivity contribution in [1.82, 2.24) is 15.3 Å². The van der Waals surface area contributed by atoms with Gasteiger partial charge < -0.3 is 20.7 Å². The van der Waals surface area contributed by atoms with Crippen LogP contribution in [0.1, 0.15) is 48.2 Å². The third-order valence-corrected chi connectivity index (χ3v) is 5.93. The average molecular weight is 496 g/mol. The van der Waals surface area contributed by atoms with Gasteiger partial charge in [0, 0.05) is 23.5 Å². The SMILES string of the molecule is CC.CNC.Cc1cccc(COc2nc(N3CCCC3)ncc2Sc2ccc(C(N)=O)cc2)c1. The zero-order valence-electron chi connectivity index (χ0n) is 21.4. The Morgan fingerprint density at radius 2 is 1.77 bits per heavy atom. The Balaban J connectivity index is 0.000000803. The Labute approximate surface area is 213 Å². The average Bonchev–Trinajstić information content (AvgIpc) is 3.41. The Bertz CT molecular complexity index is 1050. The molecule has 0 radical (unpaired) electrons. The first kappa shape index (κ1) is 28.1. The summed E-state index contributed by atoms with van der Waals surface area (Å²) < 4.78 is 6.14. The second kappa shape index (κ2) is 15.0. The molecule has 3 aromatic rings. The molecule has 0 aliphatic carbocycles. The minimum atomic E-state index is -0.438. The fourth-order valence-corrected chi connectivity index (χ4v) is 4.18. The number of nitrogens with two attached hydrogens (primary N) is 1. The van der Waals surface area contributed by atoms with E-state index in [9.17, 15) is 4.79 Å². The number of ether oxygens (including phenoxy) is 1. The number of aromatic nitrogens is 2. The lowest BCUT2D eigenvalue weighted by atomic mass is 10.1. The summed E-state index contributed by atoms with van der Waals surface area (Å²) in [6.07, 6.45) is 4.13. The predicted molar refractivity (Wildman–Crippen MR) is 144 cm³/mol. The van der Waals surface area contributed by atoms with E-state index in [0.717, 1.165) is 41.3 Å². The number of rotatable bonds is 7.